The Morgan fingerprint density at radius 2 is 1.85 bits per heavy atom. The quantitative estimate of drug-likeness (QED) is 0.511. The highest BCUT2D eigenvalue weighted by atomic mass is 32.1. The summed E-state index contributed by atoms with van der Waals surface area (Å²) in [7, 11) is 1.94. The molecule has 0 spiro atoms. The van der Waals surface area contributed by atoms with Gasteiger partial charge in [-0.1, -0.05) is 41.7 Å². The second-order valence-corrected chi connectivity index (χ2v) is 5.29. The summed E-state index contributed by atoms with van der Waals surface area (Å²) < 4.78 is 16.5. The molecule has 2 aromatic carbocycles. The summed E-state index contributed by atoms with van der Waals surface area (Å²) in [5.41, 5.74) is 1.54. The fourth-order valence-electron chi connectivity index (χ4n) is 1.90. The molecule has 3 aromatic rings. The van der Waals surface area contributed by atoms with Gasteiger partial charge in [-0.15, -0.1) is 5.10 Å². The van der Waals surface area contributed by atoms with Crippen LogP contribution in [0.4, 0.5) is 4.39 Å². The van der Waals surface area contributed by atoms with Crippen molar-refractivity contribution in [3.05, 3.63) is 64.7 Å². The third-order valence-corrected chi connectivity index (χ3v) is 4.06. The number of nitrogens with zero attached hydrogens (tertiary/aromatic N) is 3. The lowest BCUT2D eigenvalue weighted by molar-refractivity contribution is 0.626. The molecule has 0 unspecified atom stereocenters. The van der Waals surface area contributed by atoms with E-state index in [1.807, 2.05) is 35.9 Å². The van der Waals surface area contributed by atoms with Crippen molar-refractivity contribution in [1.29, 1.82) is 0 Å². The SMILES string of the molecule is Cn1/c(=N\N=C/c2ccccc2F)sc2ccccc21. The molecular weight excluding hydrogens is 273 g/mol. The van der Waals surface area contributed by atoms with Gasteiger partial charge in [0.1, 0.15) is 5.82 Å². The normalized spacial score (nSPS) is 12.6. The number of rotatable bonds is 2. The maximum atomic E-state index is 13.4. The van der Waals surface area contributed by atoms with Crippen LogP contribution in [0.25, 0.3) is 10.2 Å². The predicted molar refractivity (Wildman–Crippen MR) is 80.4 cm³/mol. The van der Waals surface area contributed by atoms with Crippen LogP contribution in [0.1, 0.15) is 5.56 Å². The summed E-state index contributed by atoms with van der Waals surface area (Å²) in [6.45, 7) is 0. The Hall–Kier alpha value is -2.27. The van der Waals surface area contributed by atoms with Crippen molar-refractivity contribution in [2.45, 2.75) is 0 Å². The van der Waals surface area contributed by atoms with Crippen molar-refractivity contribution in [2.75, 3.05) is 0 Å². The molecule has 5 heteroatoms. The van der Waals surface area contributed by atoms with Gasteiger partial charge in [0.2, 0.25) is 4.80 Å². The third kappa shape index (κ3) is 2.40. The Morgan fingerprint density at radius 3 is 2.65 bits per heavy atom. The lowest BCUT2D eigenvalue weighted by Gasteiger charge is -1.93. The first-order valence-corrected chi connectivity index (χ1v) is 6.93. The third-order valence-electron chi connectivity index (χ3n) is 2.96. The van der Waals surface area contributed by atoms with Crippen molar-refractivity contribution >= 4 is 27.8 Å². The molecule has 20 heavy (non-hydrogen) atoms. The van der Waals surface area contributed by atoms with Gasteiger partial charge in [-0.3, -0.25) is 0 Å². The molecule has 0 aliphatic heterocycles. The van der Waals surface area contributed by atoms with Crippen LogP contribution >= 0.6 is 11.3 Å². The number of aromatic nitrogens is 1. The Morgan fingerprint density at radius 1 is 1.10 bits per heavy atom. The minimum absolute atomic E-state index is 0.299. The first-order chi connectivity index (χ1) is 9.75. The average Bonchev–Trinajstić information content (AvgIpc) is 2.78. The van der Waals surface area contributed by atoms with Crippen LogP contribution in [0, 0.1) is 5.82 Å². The number of aryl methyl sites for hydroxylation is 1. The van der Waals surface area contributed by atoms with Crippen LogP contribution in [-0.2, 0) is 7.05 Å². The van der Waals surface area contributed by atoms with E-state index in [2.05, 4.69) is 10.2 Å². The second kappa shape index (κ2) is 5.38. The molecule has 0 bridgehead atoms. The van der Waals surface area contributed by atoms with E-state index >= 15 is 0 Å². The molecule has 0 amide bonds. The summed E-state index contributed by atoms with van der Waals surface area (Å²) in [4.78, 5) is 0.777. The number of benzene rings is 2. The summed E-state index contributed by atoms with van der Waals surface area (Å²) >= 11 is 1.55. The van der Waals surface area contributed by atoms with Gasteiger partial charge >= 0.3 is 0 Å². The highest BCUT2D eigenvalue weighted by Crippen LogP contribution is 2.15. The van der Waals surface area contributed by atoms with Gasteiger partial charge in [0.15, 0.2) is 0 Å². The van der Waals surface area contributed by atoms with E-state index in [0.29, 0.717) is 5.56 Å². The Bertz CT molecular complexity index is 845. The summed E-state index contributed by atoms with van der Waals surface area (Å²) in [5.74, 6) is -0.299. The number of halogens is 1. The zero-order valence-corrected chi connectivity index (χ0v) is 11.6. The lowest BCUT2D eigenvalue weighted by atomic mass is 10.2. The standard InChI is InChI=1S/C15H12FN3S/c1-19-13-8-4-5-9-14(13)20-15(19)18-17-10-11-6-2-3-7-12(11)16/h2-10H,1H3/b17-10-,18-15+. The minimum atomic E-state index is -0.299. The predicted octanol–water partition coefficient (Wildman–Crippen LogP) is 3.31. The maximum absolute atomic E-state index is 13.4. The minimum Gasteiger partial charge on any atom is -0.318 e. The highest BCUT2D eigenvalue weighted by molar-refractivity contribution is 7.16. The Kier molecular flexibility index (Phi) is 3.43. The Labute approximate surface area is 119 Å². The molecule has 1 aromatic heterocycles. The Balaban J connectivity index is 1.99. The van der Waals surface area contributed by atoms with Gasteiger partial charge in [0, 0.05) is 12.6 Å². The second-order valence-electron chi connectivity index (χ2n) is 4.28. The summed E-state index contributed by atoms with van der Waals surface area (Å²) in [6, 6.07) is 14.5. The van der Waals surface area contributed by atoms with E-state index in [1.165, 1.54) is 12.3 Å². The van der Waals surface area contributed by atoms with Gasteiger partial charge in [0.25, 0.3) is 0 Å². The topological polar surface area (TPSA) is 29.6 Å². The van der Waals surface area contributed by atoms with E-state index < -0.39 is 0 Å². The fraction of sp³-hybridized carbons (Fsp3) is 0.0667. The number of para-hydroxylation sites is 1. The molecule has 3 nitrogen and oxygen atoms in total. The molecule has 0 saturated heterocycles. The van der Waals surface area contributed by atoms with Gasteiger partial charge in [-0.2, -0.15) is 5.10 Å². The molecule has 1 heterocycles. The molecule has 0 fully saturated rings. The van der Waals surface area contributed by atoms with E-state index in [-0.39, 0.29) is 5.82 Å². The van der Waals surface area contributed by atoms with Crippen LogP contribution in [0.15, 0.2) is 58.7 Å². The maximum Gasteiger partial charge on any atom is 0.211 e. The first-order valence-electron chi connectivity index (χ1n) is 6.12. The number of fused-ring (bicyclic) bond motifs is 1. The van der Waals surface area contributed by atoms with Gasteiger partial charge in [-0.25, -0.2) is 4.39 Å². The van der Waals surface area contributed by atoms with Gasteiger partial charge in [-0.05, 0) is 18.2 Å². The van der Waals surface area contributed by atoms with Crippen LogP contribution in [-0.4, -0.2) is 10.8 Å². The van der Waals surface area contributed by atoms with Crippen molar-refractivity contribution in [3.8, 4) is 0 Å². The van der Waals surface area contributed by atoms with Crippen LogP contribution in [0.2, 0.25) is 0 Å². The fourth-order valence-corrected chi connectivity index (χ4v) is 2.87. The van der Waals surface area contributed by atoms with Gasteiger partial charge < -0.3 is 4.57 Å². The van der Waals surface area contributed by atoms with E-state index in [9.17, 15) is 4.39 Å². The largest absolute Gasteiger partial charge is 0.318 e. The number of thiazole rings is 1. The molecular formula is C15H12FN3S. The first kappa shape index (κ1) is 12.7. The molecule has 0 atom stereocenters. The summed E-state index contributed by atoms with van der Waals surface area (Å²) in [6.07, 6.45) is 1.43. The smallest absolute Gasteiger partial charge is 0.211 e. The van der Waals surface area contributed by atoms with Crippen LogP contribution < -0.4 is 4.80 Å². The van der Waals surface area contributed by atoms with Crippen molar-refractivity contribution in [2.24, 2.45) is 17.3 Å². The average molecular weight is 285 g/mol. The van der Waals surface area contributed by atoms with Crippen molar-refractivity contribution in [1.82, 2.24) is 4.57 Å². The molecule has 100 valence electrons. The van der Waals surface area contributed by atoms with Crippen molar-refractivity contribution < 1.29 is 4.39 Å². The van der Waals surface area contributed by atoms with Crippen LogP contribution in [0.5, 0.6) is 0 Å². The van der Waals surface area contributed by atoms with E-state index in [4.69, 9.17) is 0 Å². The zero-order chi connectivity index (χ0) is 13.9. The highest BCUT2D eigenvalue weighted by Gasteiger charge is 2.00. The molecule has 3 rings (SSSR count). The van der Waals surface area contributed by atoms with E-state index in [1.54, 1.807) is 29.5 Å². The van der Waals surface area contributed by atoms with Crippen molar-refractivity contribution in [3.63, 3.8) is 0 Å². The summed E-state index contributed by atoms with van der Waals surface area (Å²) in [5, 5.41) is 8.14. The van der Waals surface area contributed by atoms with E-state index in [0.717, 1.165) is 15.0 Å². The lowest BCUT2D eigenvalue weighted by Crippen LogP contribution is -2.08. The monoisotopic (exact) mass is 285 g/mol. The molecule has 0 aliphatic carbocycles. The van der Waals surface area contributed by atoms with Crippen LogP contribution in [0.3, 0.4) is 0 Å². The molecule has 0 saturated carbocycles. The number of hydrogen-bond acceptors (Lipinski definition) is 3. The molecule has 0 N–H and O–H groups in total. The zero-order valence-electron chi connectivity index (χ0n) is 10.8. The number of hydrogen-bond donors (Lipinski definition) is 0. The van der Waals surface area contributed by atoms with Gasteiger partial charge in [0.05, 0.1) is 16.4 Å². The molecule has 0 radical (unpaired) electrons. The molecule has 0 aliphatic rings.